The van der Waals surface area contributed by atoms with Gasteiger partial charge < -0.3 is 15.1 Å². The Balaban J connectivity index is 1.80. The highest BCUT2D eigenvalue weighted by Gasteiger charge is 2.31. The molecule has 4 nitrogen and oxygen atoms in total. The highest BCUT2D eigenvalue weighted by atomic mass is 16.3. The van der Waals surface area contributed by atoms with Crippen molar-refractivity contribution in [2.24, 2.45) is 11.1 Å². The van der Waals surface area contributed by atoms with Crippen LogP contribution in [0.1, 0.15) is 30.1 Å². The SMILES string of the molecule is CC1(CN)CCN(C(=O)c2coc3ccccc23)CC1. The average molecular weight is 272 g/mol. The molecule has 0 bridgehead atoms. The Hall–Kier alpha value is -1.81. The largest absolute Gasteiger partial charge is 0.463 e. The smallest absolute Gasteiger partial charge is 0.257 e. The minimum absolute atomic E-state index is 0.0639. The molecule has 0 unspecified atom stereocenters. The Bertz CT molecular complexity index is 624. The first kappa shape index (κ1) is 13.2. The lowest BCUT2D eigenvalue weighted by atomic mass is 9.80. The van der Waals surface area contributed by atoms with E-state index in [1.54, 1.807) is 6.26 Å². The fraction of sp³-hybridized carbons (Fsp3) is 0.438. The van der Waals surface area contributed by atoms with Gasteiger partial charge in [0.2, 0.25) is 0 Å². The number of carbonyl (C=O) groups excluding carboxylic acids is 1. The van der Waals surface area contributed by atoms with Gasteiger partial charge in [0.05, 0.1) is 5.56 Å². The highest BCUT2D eigenvalue weighted by Crippen LogP contribution is 2.31. The molecule has 0 aliphatic carbocycles. The number of hydrogen-bond acceptors (Lipinski definition) is 3. The second-order valence-electron chi connectivity index (χ2n) is 5.95. The van der Waals surface area contributed by atoms with Gasteiger partial charge in [-0.25, -0.2) is 0 Å². The minimum atomic E-state index is 0.0639. The van der Waals surface area contributed by atoms with Crippen LogP contribution in [0.2, 0.25) is 0 Å². The van der Waals surface area contributed by atoms with Crippen LogP contribution in [-0.4, -0.2) is 30.4 Å². The molecular weight excluding hydrogens is 252 g/mol. The van der Waals surface area contributed by atoms with Crippen LogP contribution in [0.25, 0.3) is 11.0 Å². The Morgan fingerprint density at radius 1 is 1.35 bits per heavy atom. The number of benzene rings is 1. The molecule has 1 fully saturated rings. The van der Waals surface area contributed by atoms with E-state index < -0.39 is 0 Å². The van der Waals surface area contributed by atoms with E-state index in [1.165, 1.54) is 0 Å². The van der Waals surface area contributed by atoms with Crippen LogP contribution in [-0.2, 0) is 0 Å². The Kier molecular flexibility index (Phi) is 3.26. The van der Waals surface area contributed by atoms with Crippen LogP contribution in [0.15, 0.2) is 34.9 Å². The maximum atomic E-state index is 12.6. The van der Waals surface area contributed by atoms with E-state index in [0.29, 0.717) is 12.1 Å². The van der Waals surface area contributed by atoms with Crippen LogP contribution in [0.4, 0.5) is 0 Å². The Morgan fingerprint density at radius 2 is 2.05 bits per heavy atom. The van der Waals surface area contributed by atoms with Crippen molar-refractivity contribution in [3.8, 4) is 0 Å². The van der Waals surface area contributed by atoms with Gasteiger partial charge in [-0.15, -0.1) is 0 Å². The third-order valence-electron chi connectivity index (χ3n) is 4.46. The zero-order valence-corrected chi connectivity index (χ0v) is 11.8. The van der Waals surface area contributed by atoms with E-state index >= 15 is 0 Å². The molecule has 1 aromatic heterocycles. The summed E-state index contributed by atoms with van der Waals surface area (Å²) in [6.45, 7) is 4.42. The normalized spacial score (nSPS) is 18.4. The Morgan fingerprint density at radius 3 is 2.75 bits per heavy atom. The molecule has 1 aromatic carbocycles. The highest BCUT2D eigenvalue weighted by molar-refractivity contribution is 6.05. The van der Waals surface area contributed by atoms with Crippen molar-refractivity contribution in [1.29, 1.82) is 0 Å². The molecule has 2 aromatic rings. The van der Waals surface area contributed by atoms with Crippen molar-refractivity contribution >= 4 is 16.9 Å². The van der Waals surface area contributed by atoms with Gasteiger partial charge in [0.1, 0.15) is 11.8 Å². The molecule has 106 valence electrons. The molecule has 0 saturated carbocycles. The lowest BCUT2D eigenvalue weighted by Gasteiger charge is -2.38. The molecule has 1 aliphatic rings. The maximum absolute atomic E-state index is 12.6. The monoisotopic (exact) mass is 272 g/mol. The number of amides is 1. The van der Waals surface area contributed by atoms with Gasteiger partial charge in [0.15, 0.2) is 0 Å². The van der Waals surface area contributed by atoms with Gasteiger partial charge in [0.25, 0.3) is 5.91 Å². The number of carbonyl (C=O) groups is 1. The molecule has 0 spiro atoms. The number of nitrogens with zero attached hydrogens (tertiary/aromatic N) is 1. The molecule has 20 heavy (non-hydrogen) atoms. The number of para-hydroxylation sites is 1. The van der Waals surface area contributed by atoms with E-state index in [1.807, 2.05) is 29.2 Å². The molecule has 0 radical (unpaired) electrons. The summed E-state index contributed by atoms with van der Waals surface area (Å²) in [6.07, 6.45) is 3.50. The summed E-state index contributed by atoms with van der Waals surface area (Å²) in [5.41, 5.74) is 7.41. The van der Waals surface area contributed by atoms with Gasteiger partial charge in [-0.3, -0.25) is 4.79 Å². The maximum Gasteiger partial charge on any atom is 0.257 e. The Labute approximate surface area is 118 Å². The molecular formula is C16H20N2O2. The molecule has 2 heterocycles. The van der Waals surface area contributed by atoms with Crippen LogP contribution in [0.3, 0.4) is 0 Å². The molecule has 4 heteroatoms. The zero-order valence-electron chi connectivity index (χ0n) is 11.8. The third-order valence-corrected chi connectivity index (χ3v) is 4.46. The predicted octanol–water partition coefficient (Wildman–Crippen LogP) is 2.63. The molecule has 3 rings (SSSR count). The zero-order chi connectivity index (χ0) is 14.2. The summed E-state index contributed by atoms with van der Waals surface area (Å²) in [5.74, 6) is 0.0639. The van der Waals surface area contributed by atoms with Crippen molar-refractivity contribution < 1.29 is 9.21 Å². The first-order valence-corrected chi connectivity index (χ1v) is 7.08. The number of likely N-dealkylation sites (tertiary alicyclic amines) is 1. The lowest BCUT2D eigenvalue weighted by molar-refractivity contribution is 0.0618. The average Bonchev–Trinajstić information content (AvgIpc) is 2.91. The molecule has 1 amide bonds. The van der Waals surface area contributed by atoms with Gasteiger partial charge in [-0.2, -0.15) is 0 Å². The van der Waals surface area contributed by atoms with E-state index in [2.05, 4.69) is 6.92 Å². The first-order chi connectivity index (χ1) is 9.63. The summed E-state index contributed by atoms with van der Waals surface area (Å²) in [4.78, 5) is 14.5. The van der Waals surface area contributed by atoms with Crippen LogP contribution >= 0.6 is 0 Å². The van der Waals surface area contributed by atoms with Crippen LogP contribution < -0.4 is 5.73 Å². The number of piperidine rings is 1. The minimum Gasteiger partial charge on any atom is -0.463 e. The fourth-order valence-electron chi connectivity index (χ4n) is 2.77. The molecule has 0 atom stereocenters. The van der Waals surface area contributed by atoms with Crippen molar-refractivity contribution in [3.05, 3.63) is 36.1 Å². The predicted molar refractivity (Wildman–Crippen MR) is 78.5 cm³/mol. The third kappa shape index (κ3) is 2.20. The van der Waals surface area contributed by atoms with Crippen molar-refractivity contribution in [2.45, 2.75) is 19.8 Å². The van der Waals surface area contributed by atoms with Crippen LogP contribution in [0.5, 0.6) is 0 Å². The van der Waals surface area contributed by atoms with Crippen molar-refractivity contribution in [3.63, 3.8) is 0 Å². The number of rotatable bonds is 2. The van der Waals surface area contributed by atoms with E-state index in [0.717, 1.165) is 36.9 Å². The van der Waals surface area contributed by atoms with Gasteiger partial charge in [0, 0.05) is 18.5 Å². The van der Waals surface area contributed by atoms with E-state index in [4.69, 9.17) is 10.2 Å². The second kappa shape index (κ2) is 4.94. The summed E-state index contributed by atoms with van der Waals surface area (Å²) in [6, 6.07) is 7.65. The lowest BCUT2D eigenvalue weighted by Crippen LogP contribution is -2.44. The number of nitrogens with two attached hydrogens (primary N) is 1. The van der Waals surface area contributed by atoms with E-state index in [-0.39, 0.29) is 11.3 Å². The standard InChI is InChI=1S/C16H20N2O2/c1-16(11-17)6-8-18(9-7-16)15(19)13-10-20-14-5-3-2-4-12(13)14/h2-5,10H,6-9,11,17H2,1H3. The van der Waals surface area contributed by atoms with Gasteiger partial charge in [-0.1, -0.05) is 25.1 Å². The van der Waals surface area contributed by atoms with Gasteiger partial charge >= 0.3 is 0 Å². The summed E-state index contributed by atoms with van der Waals surface area (Å²) in [5, 5.41) is 0.893. The van der Waals surface area contributed by atoms with E-state index in [9.17, 15) is 4.79 Å². The number of furan rings is 1. The summed E-state index contributed by atoms with van der Waals surface area (Å²) in [7, 11) is 0. The fourth-order valence-corrected chi connectivity index (χ4v) is 2.77. The molecule has 2 N–H and O–H groups in total. The number of hydrogen-bond donors (Lipinski definition) is 1. The van der Waals surface area contributed by atoms with Crippen molar-refractivity contribution in [2.75, 3.05) is 19.6 Å². The first-order valence-electron chi connectivity index (χ1n) is 7.08. The summed E-state index contributed by atoms with van der Waals surface area (Å²) < 4.78 is 5.46. The molecule has 1 saturated heterocycles. The number of fused-ring (bicyclic) bond motifs is 1. The quantitative estimate of drug-likeness (QED) is 0.914. The topological polar surface area (TPSA) is 59.5 Å². The van der Waals surface area contributed by atoms with Crippen molar-refractivity contribution in [1.82, 2.24) is 4.90 Å². The molecule has 1 aliphatic heterocycles. The van der Waals surface area contributed by atoms with Gasteiger partial charge in [-0.05, 0) is 30.9 Å². The van der Waals surface area contributed by atoms with Crippen LogP contribution in [0, 0.1) is 5.41 Å². The second-order valence-corrected chi connectivity index (χ2v) is 5.95. The summed E-state index contributed by atoms with van der Waals surface area (Å²) >= 11 is 0.